The van der Waals surface area contributed by atoms with Gasteiger partial charge >= 0.3 is 0 Å². The van der Waals surface area contributed by atoms with E-state index in [9.17, 15) is 4.79 Å². The number of nitrogens with two attached hydrogens (primary N) is 2. The van der Waals surface area contributed by atoms with Crippen LogP contribution in [-0.4, -0.2) is 29.4 Å². The van der Waals surface area contributed by atoms with Gasteiger partial charge in [-0.25, -0.2) is 0 Å². The first-order valence-corrected chi connectivity index (χ1v) is 7.98. The van der Waals surface area contributed by atoms with Gasteiger partial charge in [0.05, 0.1) is 0 Å². The van der Waals surface area contributed by atoms with Crippen molar-refractivity contribution in [3.63, 3.8) is 0 Å². The SMILES string of the molecule is CCCN(Cc1cccc(C(N)=O)c1)C1CCC(N)CC1. The van der Waals surface area contributed by atoms with Gasteiger partial charge in [0.15, 0.2) is 0 Å². The Kier molecular flexibility index (Phi) is 5.76. The number of nitrogens with zero attached hydrogens (tertiary/aromatic N) is 1. The first-order valence-electron chi connectivity index (χ1n) is 7.98. The average Bonchev–Trinajstić information content (AvgIpc) is 2.48. The number of rotatable bonds is 6. The van der Waals surface area contributed by atoms with Gasteiger partial charge in [-0.3, -0.25) is 9.69 Å². The lowest BCUT2D eigenvalue weighted by Crippen LogP contribution is -2.40. The molecule has 1 aliphatic rings. The Morgan fingerprint density at radius 1 is 1.29 bits per heavy atom. The molecule has 2 rings (SSSR count). The molecule has 21 heavy (non-hydrogen) atoms. The van der Waals surface area contributed by atoms with Gasteiger partial charge in [0.25, 0.3) is 0 Å². The zero-order chi connectivity index (χ0) is 15.2. The molecule has 4 N–H and O–H groups in total. The van der Waals surface area contributed by atoms with Crippen LogP contribution in [0.3, 0.4) is 0 Å². The molecule has 4 nitrogen and oxygen atoms in total. The van der Waals surface area contributed by atoms with E-state index in [1.54, 1.807) is 6.07 Å². The van der Waals surface area contributed by atoms with E-state index in [-0.39, 0.29) is 5.91 Å². The van der Waals surface area contributed by atoms with Crippen LogP contribution >= 0.6 is 0 Å². The summed E-state index contributed by atoms with van der Waals surface area (Å²) in [5.41, 5.74) is 13.1. The van der Waals surface area contributed by atoms with Crippen molar-refractivity contribution in [3.05, 3.63) is 35.4 Å². The van der Waals surface area contributed by atoms with Crippen LogP contribution in [-0.2, 0) is 6.54 Å². The molecule has 0 spiro atoms. The summed E-state index contributed by atoms with van der Waals surface area (Å²) < 4.78 is 0. The second-order valence-corrected chi connectivity index (χ2v) is 6.10. The molecule has 1 aromatic carbocycles. The Hall–Kier alpha value is -1.39. The Balaban J connectivity index is 2.05. The first-order chi connectivity index (χ1) is 10.1. The van der Waals surface area contributed by atoms with Crippen LogP contribution in [0.25, 0.3) is 0 Å². The van der Waals surface area contributed by atoms with E-state index >= 15 is 0 Å². The number of carbonyl (C=O) groups excluding carboxylic acids is 1. The highest BCUT2D eigenvalue weighted by molar-refractivity contribution is 5.92. The number of hydrogen-bond acceptors (Lipinski definition) is 3. The monoisotopic (exact) mass is 289 g/mol. The molecule has 0 saturated heterocycles. The largest absolute Gasteiger partial charge is 0.366 e. The molecular formula is C17H27N3O. The fraction of sp³-hybridized carbons (Fsp3) is 0.588. The Bertz CT molecular complexity index is 467. The van der Waals surface area contributed by atoms with Crippen molar-refractivity contribution in [1.29, 1.82) is 0 Å². The highest BCUT2D eigenvalue weighted by Gasteiger charge is 2.23. The van der Waals surface area contributed by atoms with Gasteiger partial charge in [-0.1, -0.05) is 19.1 Å². The van der Waals surface area contributed by atoms with Crippen molar-refractivity contribution in [2.75, 3.05) is 6.54 Å². The molecule has 0 atom stereocenters. The molecule has 4 heteroatoms. The minimum atomic E-state index is -0.359. The minimum absolute atomic E-state index is 0.359. The quantitative estimate of drug-likeness (QED) is 0.844. The lowest BCUT2D eigenvalue weighted by Gasteiger charge is -2.36. The van der Waals surface area contributed by atoms with E-state index in [1.807, 2.05) is 12.1 Å². The van der Waals surface area contributed by atoms with Crippen molar-refractivity contribution in [2.45, 2.75) is 57.7 Å². The van der Waals surface area contributed by atoms with Gasteiger partial charge in [-0.2, -0.15) is 0 Å². The Labute approximate surface area is 127 Å². The van der Waals surface area contributed by atoms with E-state index in [0.29, 0.717) is 17.6 Å². The molecular weight excluding hydrogens is 262 g/mol. The summed E-state index contributed by atoms with van der Waals surface area (Å²) in [4.78, 5) is 13.8. The van der Waals surface area contributed by atoms with E-state index < -0.39 is 0 Å². The van der Waals surface area contributed by atoms with Crippen molar-refractivity contribution < 1.29 is 4.79 Å². The van der Waals surface area contributed by atoms with E-state index in [2.05, 4.69) is 17.9 Å². The van der Waals surface area contributed by atoms with Gasteiger partial charge in [-0.05, 0) is 56.3 Å². The van der Waals surface area contributed by atoms with Crippen molar-refractivity contribution in [3.8, 4) is 0 Å². The topological polar surface area (TPSA) is 72.3 Å². The van der Waals surface area contributed by atoms with E-state index in [0.717, 1.165) is 37.9 Å². The molecule has 1 amide bonds. The second-order valence-electron chi connectivity index (χ2n) is 6.10. The maximum absolute atomic E-state index is 11.3. The van der Waals surface area contributed by atoms with Gasteiger partial charge in [0.1, 0.15) is 0 Å². The van der Waals surface area contributed by atoms with Gasteiger partial charge in [0.2, 0.25) is 5.91 Å². The molecule has 116 valence electrons. The number of primary amides is 1. The maximum atomic E-state index is 11.3. The predicted molar refractivity (Wildman–Crippen MR) is 85.9 cm³/mol. The molecule has 1 fully saturated rings. The van der Waals surface area contributed by atoms with E-state index in [4.69, 9.17) is 11.5 Å². The molecule has 0 radical (unpaired) electrons. The van der Waals surface area contributed by atoms with Crippen LogP contribution in [0.15, 0.2) is 24.3 Å². The molecule has 0 heterocycles. The summed E-state index contributed by atoms with van der Waals surface area (Å²) in [6.45, 7) is 4.18. The summed E-state index contributed by atoms with van der Waals surface area (Å²) in [5, 5.41) is 0. The smallest absolute Gasteiger partial charge is 0.248 e. The van der Waals surface area contributed by atoms with Crippen LogP contribution in [0.1, 0.15) is 54.9 Å². The zero-order valence-electron chi connectivity index (χ0n) is 12.9. The van der Waals surface area contributed by atoms with Crippen molar-refractivity contribution in [2.24, 2.45) is 11.5 Å². The average molecular weight is 289 g/mol. The third-order valence-corrected chi connectivity index (χ3v) is 4.37. The summed E-state index contributed by atoms with van der Waals surface area (Å²) in [7, 11) is 0. The fourth-order valence-electron chi connectivity index (χ4n) is 3.20. The Morgan fingerprint density at radius 3 is 2.62 bits per heavy atom. The number of hydrogen-bond donors (Lipinski definition) is 2. The van der Waals surface area contributed by atoms with Crippen LogP contribution in [0, 0.1) is 0 Å². The number of benzene rings is 1. The molecule has 1 aliphatic carbocycles. The second kappa shape index (κ2) is 7.57. The highest BCUT2D eigenvalue weighted by atomic mass is 16.1. The third kappa shape index (κ3) is 4.55. The van der Waals surface area contributed by atoms with Crippen LogP contribution in [0.2, 0.25) is 0 Å². The van der Waals surface area contributed by atoms with Gasteiger partial charge in [-0.15, -0.1) is 0 Å². The summed E-state index contributed by atoms with van der Waals surface area (Å²) >= 11 is 0. The fourth-order valence-corrected chi connectivity index (χ4v) is 3.20. The maximum Gasteiger partial charge on any atom is 0.248 e. The van der Waals surface area contributed by atoms with E-state index in [1.165, 1.54) is 12.8 Å². The molecule has 0 aromatic heterocycles. The normalized spacial score (nSPS) is 22.4. The summed E-state index contributed by atoms with van der Waals surface area (Å²) in [5.74, 6) is -0.359. The van der Waals surface area contributed by atoms with Crippen LogP contribution in [0.5, 0.6) is 0 Å². The molecule has 0 aliphatic heterocycles. The standard InChI is InChI=1S/C17H27N3O/c1-2-10-20(16-8-6-15(18)7-9-16)12-13-4-3-5-14(11-13)17(19)21/h3-5,11,15-16H,2,6-10,12,18H2,1H3,(H2,19,21). The molecule has 0 unspecified atom stereocenters. The predicted octanol–water partition coefficient (Wildman–Crippen LogP) is 2.27. The van der Waals surface area contributed by atoms with Crippen molar-refractivity contribution in [1.82, 2.24) is 4.90 Å². The number of amides is 1. The van der Waals surface area contributed by atoms with Crippen molar-refractivity contribution >= 4 is 5.91 Å². The van der Waals surface area contributed by atoms with Crippen LogP contribution < -0.4 is 11.5 Å². The third-order valence-electron chi connectivity index (χ3n) is 4.37. The molecule has 1 saturated carbocycles. The molecule has 0 bridgehead atoms. The molecule has 1 aromatic rings. The van der Waals surface area contributed by atoms with Gasteiger partial charge in [0, 0.05) is 24.2 Å². The highest BCUT2D eigenvalue weighted by Crippen LogP contribution is 2.24. The van der Waals surface area contributed by atoms with Gasteiger partial charge < -0.3 is 11.5 Å². The Morgan fingerprint density at radius 2 is 2.00 bits per heavy atom. The lowest BCUT2D eigenvalue weighted by molar-refractivity contribution is 0.1000. The van der Waals surface area contributed by atoms with Crippen LogP contribution in [0.4, 0.5) is 0 Å². The first kappa shape index (κ1) is 16.0. The minimum Gasteiger partial charge on any atom is -0.366 e. The summed E-state index contributed by atoms with van der Waals surface area (Å²) in [6.07, 6.45) is 5.73. The number of carbonyl (C=O) groups is 1. The summed E-state index contributed by atoms with van der Waals surface area (Å²) in [6, 6.07) is 8.67. The zero-order valence-corrected chi connectivity index (χ0v) is 12.9. The lowest BCUT2D eigenvalue weighted by atomic mass is 9.90.